The van der Waals surface area contributed by atoms with Gasteiger partial charge >= 0.3 is 0 Å². The van der Waals surface area contributed by atoms with Crippen LogP contribution in [0.4, 0.5) is 13.2 Å². The topological polar surface area (TPSA) is 23.8 Å². The zero-order chi connectivity index (χ0) is 23.6. The van der Waals surface area contributed by atoms with Gasteiger partial charge in [-0.05, 0) is 73.7 Å². The molecule has 0 amide bonds. The van der Waals surface area contributed by atoms with E-state index in [2.05, 4.69) is 30.6 Å². The van der Waals surface area contributed by atoms with Crippen molar-refractivity contribution in [3.8, 4) is 29.1 Å². The molecule has 0 bridgehead atoms. The van der Waals surface area contributed by atoms with Crippen molar-refractivity contribution in [2.75, 3.05) is 0 Å². The van der Waals surface area contributed by atoms with Gasteiger partial charge in [0.05, 0.1) is 10.5 Å². The van der Waals surface area contributed by atoms with E-state index in [1.165, 1.54) is 50.7 Å². The van der Waals surface area contributed by atoms with Crippen LogP contribution in [0, 0.1) is 63.6 Å². The second-order valence-electron chi connectivity index (χ2n) is 8.39. The van der Waals surface area contributed by atoms with E-state index in [0.717, 1.165) is 30.9 Å². The second-order valence-corrected chi connectivity index (χ2v) is 9.18. The van der Waals surface area contributed by atoms with E-state index in [1.54, 1.807) is 11.5 Å². The van der Waals surface area contributed by atoms with E-state index in [0.29, 0.717) is 23.2 Å². The number of thiocyanates is 1. The van der Waals surface area contributed by atoms with E-state index >= 15 is 0 Å². The predicted molar refractivity (Wildman–Crippen MR) is 127 cm³/mol. The normalized spacial score (nSPS) is 17.3. The fraction of sp³-hybridized carbons (Fsp3) is 0.393. The third kappa shape index (κ3) is 7.35. The van der Waals surface area contributed by atoms with Gasteiger partial charge < -0.3 is 0 Å². The third-order valence-electron chi connectivity index (χ3n) is 5.94. The average molecular weight is 466 g/mol. The first-order valence-corrected chi connectivity index (χ1v) is 12.2. The number of thioether (sulfide) groups is 1. The Bertz CT molecular complexity index is 1110. The van der Waals surface area contributed by atoms with Crippen molar-refractivity contribution in [1.29, 1.82) is 5.26 Å². The first-order valence-electron chi connectivity index (χ1n) is 11.4. The van der Waals surface area contributed by atoms with Gasteiger partial charge in [0.1, 0.15) is 22.9 Å². The quantitative estimate of drug-likeness (QED) is 0.195. The molecule has 0 spiro atoms. The van der Waals surface area contributed by atoms with Crippen LogP contribution in [0.5, 0.6) is 0 Å². The molecule has 1 saturated carbocycles. The fourth-order valence-corrected chi connectivity index (χ4v) is 4.48. The number of hydrogen-bond donors (Lipinski definition) is 0. The number of benzene rings is 2. The minimum absolute atomic E-state index is 0.0702. The summed E-state index contributed by atoms with van der Waals surface area (Å²) < 4.78 is 42.3. The summed E-state index contributed by atoms with van der Waals surface area (Å²) in [6.07, 6.45) is 9.88. The molecule has 0 aromatic heterocycles. The zero-order valence-corrected chi connectivity index (χ0v) is 19.5. The summed E-state index contributed by atoms with van der Waals surface area (Å²) >= 11 is 0.409. The van der Waals surface area contributed by atoms with Gasteiger partial charge in [-0.15, -0.1) is 0 Å². The molecule has 33 heavy (non-hydrogen) atoms. The monoisotopic (exact) mass is 465 g/mol. The molecule has 170 valence electrons. The van der Waals surface area contributed by atoms with Gasteiger partial charge in [0, 0.05) is 17.0 Å². The number of halogens is 3. The number of hydrogen-bond acceptors (Lipinski definition) is 2. The maximum Gasteiger partial charge on any atom is 0.142 e. The van der Waals surface area contributed by atoms with Crippen LogP contribution in [-0.4, -0.2) is 0 Å². The van der Waals surface area contributed by atoms with E-state index in [4.69, 9.17) is 5.26 Å². The van der Waals surface area contributed by atoms with Gasteiger partial charge in [0.25, 0.3) is 0 Å². The highest BCUT2D eigenvalue weighted by Crippen LogP contribution is 2.31. The lowest BCUT2D eigenvalue weighted by molar-refractivity contribution is 0.294. The van der Waals surface area contributed by atoms with Crippen LogP contribution in [0.2, 0.25) is 0 Å². The molecular weight excluding hydrogens is 439 g/mol. The van der Waals surface area contributed by atoms with Crippen molar-refractivity contribution >= 4 is 11.8 Å². The van der Waals surface area contributed by atoms with E-state index < -0.39 is 17.5 Å². The Labute approximate surface area is 198 Å². The molecule has 0 radical (unpaired) electrons. The molecule has 0 N–H and O–H groups in total. The van der Waals surface area contributed by atoms with Crippen LogP contribution >= 0.6 is 11.8 Å². The molecule has 5 heteroatoms. The third-order valence-corrected chi connectivity index (χ3v) is 6.63. The number of nitrogens with zero attached hydrogens (tertiary/aromatic N) is 1. The Morgan fingerprint density at radius 3 is 2.21 bits per heavy atom. The molecule has 0 heterocycles. The van der Waals surface area contributed by atoms with Gasteiger partial charge in [-0.1, -0.05) is 56.3 Å². The molecular formula is C28H26F3NS. The molecule has 1 fully saturated rings. The van der Waals surface area contributed by atoms with Gasteiger partial charge in [0.2, 0.25) is 0 Å². The second kappa shape index (κ2) is 12.4. The Morgan fingerprint density at radius 2 is 1.58 bits per heavy atom. The van der Waals surface area contributed by atoms with Crippen molar-refractivity contribution in [3.05, 3.63) is 64.5 Å². The summed E-state index contributed by atoms with van der Waals surface area (Å²) in [5.74, 6) is 10.5. The van der Waals surface area contributed by atoms with Gasteiger partial charge in [-0.3, -0.25) is 0 Å². The molecule has 0 saturated heterocycles. The van der Waals surface area contributed by atoms with Crippen molar-refractivity contribution in [1.82, 2.24) is 0 Å². The number of rotatable bonds is 5. The van der Waals surface area contributed by atoms with Crippen LogP contribution in [-0.2, 0) is 0 Å². The molecule has 1 aliphatic carbocycles. The summed E-state index contributed by atoms with van der Waals surface area (Å²) in [7, 11) is 0. The van der Waals surface area contributed by atoms with Crippen LogP contribution in [0.15, 0.2) is 35.2 Å². The predicted octanol–water partition coefficient (Wildman–Crippen LogP) is 7.82. The Hall–Kier alpha value is -2.81. The highest BCUT2D eigenvalue weighted by molar-refractivity contribution is 8.03. The van der Waals surface area contributed by atoms with Crippen molar-refractivity contribution in [3.63, 3.8) is 0 Å². The molecule has 0 atom stereocenters. The first kappa shape index (κ1) is 24.8. The lowest BCUT2D eigenvalue weighted by Crippen LogP contribution is -2.13. The van der Waals surface area contributed by atoms with Gasteiger partial charge in [0.15, 0.2) is 0 Å². The molecule has 3 rings (SSSR count). The standard InChI is InChI=1S/C28H26F3NS/c1-2-3-4-5-20-6-8-21(9-7-20)10-11-22-12-14-24(25(29)16-22)15-13-23-17-26(30)28(33-19-32)27(31)18-23/h12,14,16-18,20-21H,2-9H2,1H3. The number of nitriles is 1. The highest BCUT2D eigenvalue weighted by Gasteiger charge is 2.19. The molecule has 2 aromatic rings. The van der Waals surface area contributed by atoms with Crippen LogP contribution in [0.1, 0.15) is 75.0 Å². The summed E-state index contributed by atoms with van der Waals surface area (Å²) in [5, 5.41) is 10.2. The minimum atomic E-state index is -0.869. The summed E-state index contributed by atoms with van der Waals surface area (Å²) in [6.45, 7) is 2.23. The van der Waals surface area contributed by atoms with Crippen molar-refractivity contribution < 1.29 is 13.2 Å². The Balaban J connectivity index is 1.62. The average Bonchev–Trinajstić information content (AvgIpc) is 2.80. The Morgan fingerprint density at radius 1 is 0.879 bits per heavy atom. The van der Waals surface area contributed by atoms with Gasteiger partial charge in [-0.25, -0.2) is 13.2 Å². The lowest BCUT2D eigenvalue weighted by Gasteiger charge is -2.25. The zero-order valence-electron chi connectivity index (χ0n) is 18.7. The minimum Gasteiger partial charge on any atom is -0.206 e. The van der Waals surface area contributed by atoms with Crippen LogP contribution in [0.3, 0.4) is 0 Å². The summed E-state index contributed by atoms with van der Waals surface area (Å²) in [6, 6.07) is 6.66. The van der Waals surface area contributed by atoms with Gasteiger partial charge in [-0.2, -0.15) is 5.26 Å². The fourth-order valence-electron chi connectivity index (χ4n) is 4.07. The largest absolute Gasteiger partial charge is 0.206 e. The maximum atomic E-state index is 14.5. The summed E-state index contributed by atoms with van der Waals surface area (Å²) in [5.41, 5.74) is 0.795. The highest BCUT2D eigenvalue weighted by atomic mass is 32.2. The SMILES string of the molecule is CCCCCC1CCC(C#Cc2ccc(C#Cc3cc(F)c(SC#N)c(F)c3)c(F)c2)CC1. The molecule has 1 aliphatic rings. The number of unbranched alkanes of at least 4 members (excludes halogenated alkanes) is 2. The van der Waals surface area contributed by atoms with E-state index in [9.17, 15) is 13.2 Å². The first-order chi connectivity index (χ1) is 16.0. The van der Waals surface area contributed by atoms with Crippen LogP contribution in [0.25, 0.3) is 0 Å². The smallest absolute Gasteiger partial charge is 0.142 e. The summed E-state index contributed by atoms with van der Waals surface area (Å²) in [4.78, 5) is -0.373. The Kier molecular flexibility index (Phi) is 9.35. The van der Waals surface area contributed by atoms with Crippen molar-refractivity contribution in [2.45, 2.75) is 63.2 Å². The van der Waals surface area contributed by atoms with Crippen LogP contribution < -0.4 is 0 Å². The molecule has 0 aliphatic heterocycles. The van der Waals surface area contributed by atoms with E-state index in [-0.39, 0.29) is 16.0 Å². The van der Waals surface area contributed by atoms with E-state index in [1.807, 2.05) is 0 Å². The molecule has 1 nitrogen and oxygen atoms in total. The van der Waals surface area contributed by atoms with Crippen molar-refractivity contribution in [2.24, 2.45) is 11.8 Å². The molecule has 2 aromatic carbocycles. The lowest BCUT2D eigenvalue weighted by atomic mass is 9.80. The maximum absolute atomic E-state index is 14.5. The molecule has 0 unspecified atom stereocenters.